The number of allylic oxidation sites excluding steroid dienone is 2. The molecule has 6 atom stereocenters. The van der Waals surface area contributed by atoms with Crippen LogP contribution in [0, 0.1) is 35.5 Å². The van der Waals surface area contributed by atoms with E-state index >= 15 is 0 Å². The number of hydrogen-bond donors (Lipinski definition) is 0. The fourth-order valence-electron chi connectivity index (χ4n) is 12.6. The van der Waals surface area contributed by atoms with Crippen LogP contribution in [0.15, 0.2) is 109 Å². The fourth-order valence-corrected chi connectivity index (χ4v) is 12.6. The summed E-state index contributed by atoms with van der Waals surface area (Å²) in [5, 5.41) is 0. The summed E-state index contributed by atoms with van der Waals surface area (Å²) in [7, 11) is 0. The molecule has 12 nitrogen and oxygen atoms in total. The maximum atomic E-state index is 6.74. The van der Waals surface area contributed by atoms with Gasteiger partial charge >= 0.3 is 0 Å². The number of rotatable bonds is 32. The molecule has 11 rings (SSSR count). The van der Waals surface area contributed by atoms with E-state index in [1.165, 1.54) is 22.3 Å². The van der Waals surface area contributed by atoms with Gasteiger partial charge in [0.2, 0.25) is 0 Å². The topological polar surface area (TPSA) is 111 Å². The molecule has 412 valence electrons. The van der Waals surface area contributed by atoms with Gasteiger partial charge in [0.05, 0.1) is 79.3 Å². The summed E-state index contributed by atoms with van der Waals surface area (Å²) in [5.74, 6) is 1.88. The third-order valence-corrected chi connectivity index (χ3v) is 16.5. The predicted molar refractivity (Wildman–Crippen MR) is 289 cm³/mol. The number of unbranched alkanes of at least 4 members (excludes halogenated alkanes) is 4. The standard InChI is InChI=1S/C64H84O12/c1-5-25-51(61-69-35-36-70-61)47(17-1)21-9-13-31-65-43-57-55-29-30-56(58(57)44-66-32-14-10-22-48-18-2-6-26-52(48)62-71-37-38-72-62)60(46-68-34-16-12-24-50-20-4-8-28-54(50)64-75-41-42-76-64)59(55)45-67-33-15-11-23-49-19-3-7-27-53(49)63-73-39-40-74-63/h1-8,17-20,25-30,55-64H,9-16,21-24,31-46H2/t55?,56?,57-,58+,59+,60-. The van der Waals surface area contributed by atoms with Crippen LogP contribution in [0.5, 0.6) is 0 Å². The van der Waals surface area contributed by atoms with Crippen molar-refractivity contribution in [2.24, 2.45) is 35.5 Å². The van der Waals surface area contributed by atoms with Crippen molar-refractivity contribution < 1.29 is 56.8 Å². The molecular formula is C64H84O12. The van der Waals surface area contributed by atoms with E-state index in [1.807, 2.05) is 0 Å². The molecule has 2 unspecified atom stereocenters. The van der Waals surface area contributed by atoms with Gasteiger partial charge < -0.3 is 56.8 Å². The molecule has 4 heterocycles. The second-order valence-corrected chi connectivity index (χ2v) is 21.4. The third-order valence-electron chi connectivity index (χ3n) is 16.5. The molecule has 0 radical (unpaired) electrons. The van der Waals surface area contributed by atoms with Gasteiger partial charge in [0.1, 0.15) is 0 Å². The van der Waals surface area contributed by atoms with Gasteiger partial charge in [0.15, 0.2) is 25.2 Å². The molecule has 7 aliphatic rings. The van der Waals surface area contributed by atoms with Gasteiger partial charge in [0, 0.05) is 48.7 Å². The molecule has 4 aromatic rings. The van der Waals surface area contributed by atoms with E-state index in [4.69, 9.17) is 56.8 Å². The summed E-state index contributed by atoms with van der Waals surface area (Å²) in [6.07, 6.45) is 16.0. The second kappa shape index (κ2) is 29.9. The average molecular weight is 1050 g/mol. The van der Waals surface area contributed by atoms with Gasteiger partial charge in [-0.3, -0.25) is 0 Å². The lowest BCUT2D eigenvalue weighted by Gasteiger charge is -2.53. The SMILES string of the molecule is C1=CC2[C@@H](COCCCCc3ccccc3C3OCCO3)[C@@H](COCCCCc3ccccc3C3OCCO3)C1[C@@H](COCCCCc1ccccc1C1OCCO1)[C@H]2COCCCCc1ccccc1C1OCCO1. The molecule has 5 fully saturated rings. The molecule has 4 aromatic carbocycles. The lowest BCUT2D eigenvalue weighted by molar-refractivity contribution is -0.109. The summed E-state index contributed by atoms with van der Waals surface area (Å²) >= 11 is 0. The van der Waals surface area contributed by atoms with Crippen LogP contribution in [-0.4, -0.2) is 106 Å². The van der Waals surface area contributed by atoms with Crippen LogP contribution in [0.2, 0.25) is 0 Å². The summed E-state index contributed by atoms with van der Waals surface area (Å²) < 4.78 is 74.0. The highest BCUT2D eigenvalue weighted by Gasteiger charge is 2.51. The lowest BCUT2D eigenvalue weighted by Crippen LogP contribution is -2.53. The Morgan fingerprint density at radius 1 is 0.289 bits per heavy atom. The second-order valence-electron chi connectivity index (χ2n) is 21.4. The molecule has 4 aliphatic heterocycles. The summed E-state index contributed by atoms with van der Waals surface area (Å²) in [5.41, 5.74) is 9.80. The minimum absolute atomic E-state index is 0.258. The van der Waals surface area contributed by atoms with E-state index in [9.17, 15) is 0 Å². The number of ether oxygens (including phenoxy) is 12. The van der Waals surface area contributed by atoms with Crippen molar-refractivity contribution in [2.75, 3.05) is 106 Å². The maximum absolute atomic E-state index is 6.74. The average Bonchev–Trinajstić information content (AvgIpc) is 4.41. The Hall–Kier alpha value is -3.86. The van der Waals surface area contributed by atoms with Crippen LogP contribution < -0.4 is 0 Å². The van der Waals surface area contributed by atoms with E-state index in [-0.39, 0.29) is 25.2 Å². The zero-order valence-electron chi connectivity index (χ0n) is 44.9. The number of benzene rings is 4. The predicted octanol–water partition coefficient (Wildman–Crippen LogP) is 11.6. The molecule has 1 saturated carbocycles. The molecule has 3 aliphatic carbocycles. The van der Waals surface area contributed by atoms with Crippen molar-refractivity contribution >= 4 is 0 Å². The van der Waals surface area contributed by atoms with E-state index in [0.29, 0.717) is 115 Å². The molecule has 0 aromatic heterocycles. The van der Waals surface area contributed by atoms with Crippen molar-refractivity contribution in [2.45, 2.75) is 102 Å². The Balaban J connectivity index is 0.767. The van der Waals surface area contributed by atoms with Crippen molar-refractivity contribution in [3.63, 3.8) is 0 Å². The monoisotopic (exact) mass is 1040 g/mol. The summed E-state index contributed by atoms with van der Waals surface area (Å²) in [6, 6.07) is 34.2. The van der Waals surface area contributed by atoms with Crippen molar-refractivity contribution in [3.8, 4) is 0 Å². The van der Waals surface area contributed by atoms with Crippen LogP contribution in [0.25, 0.3) is 0 Å². The fraction of sp³-hybridized carbons (Fsp3) is 0.594. The van der Waals surface area contributed by atoms with Gasteiger partial charge in [0.25, 0.3) is 0 Å². The van der Waals surface area contributed by atoms with E-state index in [1.54, 1.807) is 0 Å². The zero-order chi connectivity index (χ0) is 51.4. The van der Waals surface area contributed by atoms with E-state index in [2.05, 4.69) is 109 Å². The number of aryl methyl sites for hydroxylation is 4. The number of fused-ring (bicyclic) bond motifs is 2. The highest BCUT2D eigenvalue weighted by molar-refractivity contribution is 5.31. The molecule has 0 spiro atoms. The first-order valence-corrected chi connectivity index (χ1v) is 29.0. The largest absolute Gasteiger partial charge is 0.381 e. The van der Waals surface area contributed by atoms with Gasteiger partial charge in [-0.25, -0.2) is 0 Å². The van der Waals surface area contributed by atoms with Crippen molar-refractivity contribution in [1.82, 2.24) is 0 Å². The minimum Gasteiger partial charge on any atom is -0.381 e. The Bertz CT molecular complexity index is 2020. The summed E-state index contributed by atoms with van der Waals surface area (Å²) in [6.45, 7) is 10.9. The van der Waals surface area contributed by atoms with Gasteiger partial charge in [-0.15, -0.1) is 0 Å². The molecule has 0 amide bonds. The molecule has 12 heteroatoms. The first kappa shape index (κ1) is 55.5. The maximum Gasteiger partial charge on any atom is 0.184 e. The Labute approximate surface area is 452 Å². The molecular weight excluding hydrogens is 961 g/mol. The lowest BCUT2D eigenvalue weighted by atomic mass is 9.53. The van der Waals surface area contributed by atoms with Crippen LogP contribution in [0.3, 0.4) is 0 Å². The minimum atomic E-state index is -0.258. The van der Waals surface area contributed by atoms with Crippen LogP contribution in [-0.2, 0) is 82.5 Å². The quantitative estimate of drug-likeness (QED) is 0.0343. The van der Waals surface area contributed by atoms with Crippen LogP contribution in [0.1, 0.15) is 121 Å². The number of hydrogen-bond acceptors (Lipinski definition) is 12. The first-order valence-electron chi connectivity index (χ1n) is 29.0. The van der Waals surface area contributed by atoms with E-state index in [0.717, 1.165) is 126 Å². The smallest absolute Gasteiger partial charge is 0.184 e. The van der Waals surface area contributed by atoms with Gasteiger partial charge in [-0.1, -0.05) is 109 Å². The molecule has 4 saturated heterocycles. The normalized spacial score (nSPS) is 24.2. The molecule has 2 bridgehead atoms. The molecule has 76 heavy (non-hydrogen) atoms. The van der Waals surface area contributed by atoms with E-state index < -0.39 is 0 Å². The molecule has 0 N–H and O–H groups in total. The van der Waals surface area contributed by atoms with Crippen molar-refractivity contribution in [1.29, 1.82) is 0 Å². The van der Waals surface area contributed by atoms with Crippen molar-refractivity contribution in [3.05, 3.63) is 154 Å². The highest BCUT2D eigenvalue weighted by atomic mass is 16.7. The zero-order valence-corrected chi connectivity index (χ0v) is 44.9. The summed E-state index contributed by atoms with van der Waals surface area (Å²) in [4.78, 5) is 0. The first-order chi connectivity index (χ1) is 37.8. The van der Waals surface area contributed by atoms with Crippen LogP contribution in [0.4, 0.5) is 0 Å². The highest BCUT2D eigenvalue weighted by Crippen LogP contribution is 2.52. The van der Waals surface area contributed by atoms with Crippen LogP contribution >= 0.6 is 0 Å². The Morgan fingerprint density at radius 2 is 0.513 bits per heavy atom. The Kier molecular flexibility index (Phi) is 21.8. The third kappa shape index (κ3) is 15.1. The van der Waals surface area contributed by atoms with Gasteiger partial charge in [-0.2, -0.15) is 0 Å². The Morgan fingerprint density at radius 3 is 0.750 bits per heavy atom. The van der Waals surface area contributed by atoms with Gasteiger partial charge in [-0.05, 0) is 135 Å².